The van der Waals surface area contributed by atoms with Gasteiger partial charge in [0.2, 0.25) is 0 Å². The van der Waals surface area contributed by atoms with Gasteiger partial charge < -0.3 is 9.47 Å². The second-order valence-corrected chi connectivity index (χ2v) is 4.42. The number of nitrogens with zero attached hydrogens (tertiary/aromatic N) is 2. The minimum atomic E-state index is 0.702. The average Bonchev–Trinajstić information content (AvgIpc) is 2.84. The van der Waals surface area contributed by atoms with Gasteiger partial charge in [0.05, 0.1) is 19.6 Å². The van der Waals surface area contributed by atoms with Crippen molar-refractivity contribution < 1.29 is 9.47 Å². The van der Waals surface area contributed by atoms with Crippen LogP contribution in [0.5, 0.6) is 11.5 Å². The van der Waals surface area contributed by atoms with Gasteiger partial charge in [-0.15, -0.1) is 11.3 Å². The molecule has 0 saturated carbocycles. The van der Waals surface area contributed by atoms with Crippen molar-refractivity contribution in [3.63, 3.8) is 0 Å². The summed E-state index contributed by atoms with van der Waals surface area (Å²) in [5.74, 6) is 1.42. The maximum atomic E-state index is 5.27. The molecular weight excluding hydrogens is 236 g/mol. The summed E-state index contributed by atoms with van der Waals surface area (Å²) in [5, 5.41) is 4.87. The molecule has 4 nitrogen and oxygen atoms in total. The summed E-state index contributed by atoms with van der Waals surface area (Å²) in [6, 6.07) is 3.82. The van der Waals surface area contributed by atoms with E-state index in [9.17, 15) is 0 Å². The molecule has 3 rings (SSSR count). The van der Waals surface area contributed by atoms with Gasteiger partial charge in [-0.3, -0.25) is 0 Å². The van der Waals surface area contributed by atoms with Gasteiger partial charge in [-0.2, -0.15) is 0 Å². The molecule has 0 N–H and O–H groups in total. The number of fused-ring (bicyclic) bond motifs is 1. The molecule has 5 heteroatoms. The van der Waals surface area contributed by atoms with Crippen LogP contribution in [0.4, 0.5) is 0 Å². The fraction of sp³-hybridized carbons (Fsp3) is 0.167. The molecule has 0 amide bonds. The van der Waals surface area contributed by atoms with Gasteiger partial charge in [-0.05, 0) is 6.07 Å². The van der Waals surface area contributed by atoms with E-state index in [0.29, 0.717) is 5.75 Å². The normalized spacial score (nSPS) is 12.5. The second kappa shape index (κ2) is 3.85. The summed E-state index contributed by atoms with van der Waals surface area (Å²) in [6.07, 6.45) is 1.78. The van der Waals surface area contributed by atoms with Gasteiger partial charge >= 0.3 is 0 Å². The van der Waals surface area contributed by atoms with E-state index in [0.717, 1.165) is 27.0 Å². The highest BCUT2D eigenvalue weighted by atomic mass is 32.1. The molecule has 0 atom stereocenters. The van der Waals surface area contributed by atoms with Gasteiger partial charge in [0.1, 0.15) is 10.7 Å². The molecule has 86 valence electrons. The minimum absolute atomic E-state index is 0.702. The molecular formula is C12H10N2O2S. The molecule has 2 aromatic rings. The lowest BCUT2D eigenvalue weighted by molar-refractivity contribution is 0.354. The van der Waals surface area contributed by atoms with E-state index in [4.69, 9.17) is 9.47 Å². The zero-order valence-electron chi connectivity index (χ0n) is 9.43. The summed E-state index contributed by atoms with van der Waals surface area (Å²) >= 11 is 1.58. The largest absolute Gasteiger partial charge is 0.493 e. The first-order valence-corrected chi connectivity index (χ1v) is 5.96. The third-order valence-electron chi connectivity index (χ3n) is 2.62. The molecule has 1 aromatic carbocycles. The Balaban J connectivity index is 2.20. The predicted molar refractivity (Wildman–Crippen MR) is 65.0 cm³/mol. The zero-order valence-corrected chi connectivity index (χ0v) is 10.2. The fourth-order valence-electron chi connectivity index (χ4n) is 1.78. The zero-order chi connectivity index (χ0) is 11.8. The summed E-state index contributed by atoms with van der Waals surface area (Å²) in [6.45, 7) is 0. The molecule has 0 aliphatic carbocycles. The van der Waals surface area contributed by atoms with Crippen LogP contribution in [0.2, 0.25) is 0 Å². The summed E-state index contributed by atoms with van der Waals surface area (Å²) in [7, 11) is 3.25. The molecule has 1 aromatic heterocycles. The van der Waals surface area contributed by atoms with Crippen molar-refractivity contribution in [3.05, 3.63) is 39.3 Å². The van der Waals surface area contributed by atoms with Crippen LogP contribution >= 0.6 is 11.3 Å². The number of benzene rings is 1. The van der Waals surface area contributed by atoms with E-state index in [-0.39, 0.29) is 0 Å². The Morgan fingerprint density at radius 2 is 1.88 bits per heavy atom. The van der Waals surface area contributed by atoms with Crippen LogP contribution in [0.1, 0.15) is 5.01 Å². The Hall–Kier alpha value is -1.88. The van der Waals surface area contributed by atoms with Crippen LogP contribution in [0.25, 0.3) is 5.70 Å². The molecule has 2 heterocycles. The van der Waals surface area contributed by atoms with Crippen LogP contribution in [0.3, 0.4) is 0 Å². The van der Waals surface area contributed by atoms with Crippen molar-refractivity contribution >= 4 is 17.0 Å². The Labute approximate surface area is 102 Å². The number of aromatic nitrogens is 1. The summed E-state index contributed by atoms with van der Waals surface area (Å²) in [4.78, 5) is 8.69. The van der Waals surface area contributed by atoms with Crippen molar-refractivity contribution in [3.8, 4) is 11.5 Å². The van der Waals surface area contributed by atoms with Gasteiger partial charge in [-0.25, -0.2) is 9.98 Å². The first kappa shape index (κ1) is 10.3. The van der Waals surface area contributed by atoms with E-state index in [1.165, 1.54) is 0 Å². The monoisotopic (exact) mass is 246 g/mol. The van der Waals surface area contributed by atoms with Crippen LogP contribution in [0.15, 0.2) is 28.7 Å². The highest BCUT2D eigenvalue weighted by Gasteiger charge is 2.16. The second-order valence-electron chi connectivity index (χ2n) is 3.52. The SMILES string of the molecule is COc1cc2c(cc1OC)=C(c1nccs1)N=2. The van der Waals surface area contributed by atoms with Crippen LogP contribution < -0.4 is 20.0 Å². The van der Waals surface area contributed by atoms with Crippen molar-refractivity contribution in [2.45, 2.75) is 0 Å². The number of hydrogen-bond acceptors (Lipinski definition) is 5. The molecule has 0 unspecified atom stereocenters. The standard InChI is InChI=1S/C12H10N2O2S/c1-15-9-5-7-8(6-10(9)16-2)14-11(7)12-13-3-4-17-12/h3-6H,1-2H3. The van der Waals surface area contributed by atoms with Crippen molar-refractivity contribution in [2.75, 3.05) is 14.2 Å². The number of rotatable bonds is 3. The van der Waals surface area contributed by atoms with E-state index in [1.807, 2.05) is 17.5 Å². The first-order valence-electron chi connectivity index (χ1n) is 5.08. The maximum absolute atomic E-state index is 5.27. The number of methoxy groups -OCH3 is 2. The Morgan fingerprint density at radius 1 is 1.12 bits per heavy atom. The Bertz CT molecular complexity index is 677. The quantitative estimate of drug-likeness (QED) is 0.810. The first-order chi connectivity index (χ1) is 8.33. The van der Waals surface area contributed by atoms with Gasteiger partial charge in [0, 0.05) is 22.9 Å². The lowest BCUT2D eigenvalue weighted by Gasteiger charge is -2.12. The summed E-state index contributed by atoms with van der Waals surface area (Å²) in [5.41, 5.74) is 0.927. The molecule has 0 spiro atoms. The topological polar surface area (TPSA) is 43.7 Å². The third kappa shape index (κ3) is 1.51. The van der Waals surface area contributed by atoms with E-state index >= 15 is 0 Å². The van der Waals surface area contributed by atoms with Crippen LogP contribution in [0, 0.1) is 0 Å². The van der Waals surface area contributed by atoms with Gasteiger partial charge in [0.25, 0.3) is 0 Å². The lowest BCUT2D eigenvalue weighted by Crippen LogP contribution is -2.35. The average molecular weight is 246 g/mol. The highest BCUT2D eigenvalue weighted by Crippen LogP contribution is 2.25. The van der Waals surface area contributed by atoms with E-state index < -0.39 is 0 Å². The van der Waals surface area contributed by atoms with Crippen molar-refractivity contribution in [1.29, 1.82) is 0 Å². The number of hydrogen-bond donors (Lipinski definition) is 0. The summed E-state index contributed by atoms with van der Waals surface area (Å²) < 4.78 is 10.5. The Morgan fingerprint density at radius 3 is 2.53 bits per heavy atom. The molecule has 0 bridgehead atoms. The van der Waals surface area contributed by atoms with Crippen molar-refractivity contribution in [2.24, 2.45) is 4.99 Å². The van der Waals surface area contributed by atoms with Gasteiger partial charge in [0.15, 0.2) is 11.5 Å². The fourth-order valence-corrected chi connectivity index (χ4v) is 2.42. The molecule has 17 heavy (non-hydrogen) atoms. The highest BCUT2D eigenvalue weighted by molar-refractivity contribution is 7.10. The van der Waals surface area contributed by atoms with E-state index in [2.05, 4.69) is 9.98 Å². The molecule has 1 aliphatic heterocycles. The molecule has 1 aliphatic rings. The lowest BCUT2D eigenvalue weighted by atomic mass is 10.1. The minimum Gasteiger partial charge on any atom is -0.493 e. The van der Waals surface area contributed by atoms with Crippen LogP contribution in [-0.2, 0) is 0 Å². The number of ether oxygens (including phenoxy) is 2. The van der Waals surface area contributed by atoms with Crippen molar-refractivity contribution in [1.82, 2.24) is 4.98 Å². The van der Waals surface area contributed by atoms with E-state index in [1.54, 1.807) is 31.8 Å². The third-order valence-corrected chi connectivity index (χ3v) is 3.40. The number of thiazole rings is 1. The smallest absolute Gasteiger partial charge is 0.162 e. The van der Waals surface area contributed by atoms with Gasteiger partial charge in [-0.1, -0.05) is 0 Å². The van der Waals surface area contributed by atoms with Crippen LogP contribution in [-0.4, -0.2) is 19.2 Å². The molecule has 0 radical (unpaired) electrons. The molecule has 0 saturated heterocycles. The Kier molecular flexibility index (Phi) is 2.33. The predicted octanol–water partition coefficient (Wildman–Crippen LogP) is 0.950. The maximum Gasteiger partial charge on any atom is 0.162 e. The molecule has 0 fully saturated rings.